The topological polar surface area (TPSA) is 72.9 Å². The van der Waals surface area contributed by atoms with Crippen molar-refractivity contribution in [3.05, 3.63) is 59.7 Å². The van der Waals surface area contributed by atoms with E-state index in [2.05, 4.69) is 0 Å². The van der Waals surface area contributed by atoms with E-state index < -0.39 is 18.0 Å². The molecule has 6 heteroatoms. The molecule has 3 rings (SSSR count). The summed E-state index contributed by atoms with van der Waals surface area (Å²) in [5, 5.41) is 0. The fourth-order valence-electron chi connectivity index (χ4n) is 3.28. The van der Waals surface area contributed by atoms with Gasteiger partial charge in [0.25, 0.3) is 0 Å². The second kappa shape index (κ2) is 8.90. The summed E-state index contributed by atoms with van der Waals surface area (Å²) in [4.78, 5) is 39.0. The molecule has 0 aromatic heterocycles. The Labute approximate surface area is 170 Å². The number of ketones is 1. The summed E-state index contributed by atoms with van der Waals surface area (Å²) in [6, 6.07) is 14.3. The van der Waals surface area contributed by atoms with Crippen LogP contribution in [0.4, 0.5) is 5.69 Å². The summed E-state index contributed by atoms with van der Waals surface area (Å²) in [5.41, 5.74) is 2.25. The fraction of sp³-hybridized carbons (Fsp3) is 0.348. The lowest BCUT2D eigenvalue weighted by atomic mass is 10.1. The van der Waals surface area contributed by atoms with E-state index in [0.29, 0.717) is 17.9 Å². The van der Waals surface area contributed by atoms with Crippen LogP contribution in [-0.2, 0) is 14.3 Å². The van der Waals surface area contributed by atoms with E-state index in [-0.39, 0.29) is 24.7 Å². The summed E-state index contributed by atoms with van der Waals surface area (Å²) >= 11 is 0. The average molecular weight is 395 g/mol. The molecule has 1 amide bonds. The Bertz CT molecular complexity index is 888. The third kappa shape index (κ3) is 4.83. The minimum Gasteiger partial charge on any atom is -0.494 e. The summed E-state index contributed by atoms with van der Waals surface area (Å²) in [7, 11) is 0. The molecule has 0 aliphatic carbocycles. The standard InChI is InChI=1S/C23H25NO5/c1-4-28-20-11-9-19(10-12-20)24-14-18(13-21(24)25)23(27)29-16(3)22(26)17-7-5-15(2)6-8-17/h5-12,16,18H,4,13-14H2,1-3H3. The van der Waals surface area contributed by atoms with E-state index in [0.717, 1.165) is 11.3 Å². The highest BCUT2D eigenvalue weighted by Gasteiger charge is 2.37. The first-order valence-electron chi connectivity index (χ1n) is 9.73. The maximum atomic E-state index is 12.5. The minimum atomic E-state index is -0.903. The van der Waals surface area contributed by atoms with Crippen molar-refractivity contribution < 1.29 is 23.9 Å². The Kier molecular flexibility index (Phi) is 6.32. The maximum absolute atomic E-state index is 12.5. The van der Waals surface area contributed by atoms with Crippen LogP contribution in [0.2, 0.25) is 0 Å². The van der Waals surface area contributed by atoms with Crippen LogP contribution in [0, 0.1) is 12.8 Å². The van der Waals surface area contributed by atoms with Crippen LogP contribution in [0.15, 0.2) is 48.5 Å². The number of carbonyl (C=O) groups excluding carboxylic acids is 3. The summed E-state index contributed by atoms with van der Waals surface area (Å²) in [6.07, 6.45) is -0.836. The molecule has 1 aliphatic rings. The van der Waals surface area contributed by atoms with Gasteiger partial charge in [-0.05, 0) is 45.0 Å². The number of amides is 1. The van der Waals surface area contributed by atoms with Gasteiger partial charge in [0, 0.05) is 24.2 Å². The predicted octanol–water partition coefficient (Wildman–Crippen LogP) is 3.56. The maximum Gasteiger partial charge on any atom is 0.312 e. The number of nitrogens with zero attached hydrogens (tertiary/aromatic N) is 1. The monoisotopic (exact) mass is 395 g/mol. The second-order valence-corrected chi connectivity index (χ2v) is 7.14. The summed E-state index contributed by atoms with van der Waals surface area (Å²) < 4.78 is 10.8. The lowest BCUT2D eigenvalue weighted by molar-refractivity contribution is -0.151. The van der Waals surface area contributed by atoms with Gasteiger partial charge in [0.2, 0.25) is 11.7 Å². The molecule has 152 valence electrons. The van der Waals surface area contributed by atoms with Gasteiger partial charge < -0.3 is 14.4 Å². The van der Waals surface area contributed by atoms with Gasteiger partial charge in [-0.2, -0.15) is 0 Å². The Morgan fingerprint density at radius 1 is 1.10 bits per heavy atom. The van der Waals surface area contributed by atoms with Gasteiger partial charge in [-0.1, -0.05) is 29.8 Å². The van der Waals surface area contributed by atoms with Gasteiger partial charge in [-0.25, -0.2) is 0 Å². The smallest absolute Gasteiger partial charge is 0.312 e. The summed E-state index contributed by atoms with van der Waals surface area (Å²) in [5.74, 6) is -0.802. The molecule has 0 spiro atoms. The highest BCUT2D eigenvalue weighted by Crippen LogP contribution is 2.28. The molecule has 0 saturated carbocycles. The Hall–Kier alpha value is -3.15. The molecule has 2 aromatic carbocycles. The van der Waals surface area contributed by atoms with E-state index in [1.807, 2.05) is 26.0 Å². The molecule has 1 aliphatic heterocycles. The van der Waals surface area contributed by atoms with Gasteiger partial charge in [0.1, 0.15) is 5.75 Å². The van der Waals surface area contributed by atoms with Crippen molar-refractivity contribution in [2.24, 2.45) is 5.92 Å². The first kappa shape index (κ1) is 20.6. The number of hydrogen-bond acceptors (Lipinski definition) is 5. The Balaban J connectivity index is 1.60. The van der Waals surface area contributed by atoms with Crippen molar-refractivity contribution in [3.63, 3.8) is 0 Å². The SMILES string of the molecule is CCOc1ccc(N2CC(C(=O)OC(C)C(=O)c3ccc(C)cc3)CC2=O)cc1. The average Bonchev–Trinajstić information content (AvgIpc) is 3.10. The quantitative estimate of drug-likeness (QED) is 0.529. The van der Waals surface area contributed by atoms with Crippen molar-refractivity contribution in [1.82, 2.24) is 0 Å². The van der Waals surface area contributed by atoms with Crippen LogP contribution in [0.5, 0.6) is 5.75 Å². The number of benzene rings is 2. The molecule has 29 heavy (non-hydrogen) atoms. The number of aryl methyl sites for hydroxylation is 1. The molecule has 2 atom stereocenters. The summed E-state index contributed by atoms with van der Waals surface area (Å²) in [6.45, 7) is 6.19. The third-order valence-corrected chi connectivity index (χ3v) is 4.92. The molecule has 6 nitrogen and oxygen atoms in total. The lowest BCUT2D eigenvalue weighted by Gasteiger charge is -2.18. The molecule has 1 heterocycles. The lowest BCUT2D eigenvalue weighted by Crippen LogP contribution is -2.30. The highest BCUT2D eigenvalue weighted by atomic mass is 16.5. The van der Waals surface area contributed by atoms with Gasteiger partial charge >= 0.3 is 5.97 Å². The van der Waals surface area contributed by atoms with Crippen molar-refractivity contribution in [1.29, 1.82) is 0 Å². The van der Waals surface area contributed by atoms with Gasteiger partial charge in [0.05, 0.1) is 12.5 Å². The molecule has 0 bridgehead atoms. The normalized spacial score (nSPS) is 17.1. The van der Waals surface area contributed by atoms with Crippen LogP contribution in [0.1, 0.15) is 36.2 Å². The molecule has 1 saturated heterocycles. The zero-order valence-corrected chi connectivity index (χ0v) is 16.9. The van der Waals surface area contributed by atoms with Crippen LogP contribution in [0.3, 0.4) is 0 Å². The van der Waals surface area contributed by atoms with E-state index in [9.17, 15) is 14.4 Å². The number of anilines is 1. The molecule has 0 radical (unpaired) electrons. The van der Waals surface area contributed by atoms with Crippen LogP contribution < -0.4 is 9.64 Å². The van der Waals surface area contributed by atoms with Gasteiger partial charge in [-0.15, -0.1) is 0 Å². The number of ether oxygens (including phenoxy) is 2. The number of esters is 1. The van der Waals surface area contributed by atoms with Crippen LogP contribution in [0.25, 0.3) is 0 Å². The van der Waals surface area contributed by atoms with E-state index >= 15 is 0 Å². The minimum absolute atomic E-state index is 0.0670. The molecular formula is C23H25NO5. The number of carbonyl (C=O) groups is 3. The van der Waals surface area contributed by atoms with Crippen molar-refractivity contribution in [2.45, 2.75) is 33.3 Å². The van der Waals surface area contributed by atoms with Crippen LogP contribution >= 0.6 is 0 Å². The predicted molar refractivity (Wildman–Crippen MR) is 109 cm³/mol. The fourth-order valence-corrected chi connectivity index (χ4v) is 3.28. The van der Waals surface area contributed by atoms with E-state index in [1.165, 1.54) is 0 Å². The Morgan fingerprint density at radius 2 is 1.76 bits per heavy atom. The van der Waals surface area contributed by atoms with Crippen molar-refractivity contribution in [2.75, 3.05) is 18.1 Å². The first-order valence-corrected chi connectivity index (χ1v) is 9.73. The molecule has 2 aromatic rings. The largest absolute Gasteiger partial charge is 0.494 e. The first-order chi connectivity index (χ1) is 13.9. The van der Waals surface area contributed by atoms with E-state index in [4.69, 9.17) is 9.47 Å². The molecule has 0 N–H and O–H groups in total. The van der Waals surface area contributed by atoms with Crippen molar-refractivity contribution in [3.8, 4) is 5.75 Å². The van der Waals surface area contributed by atoms with Crippen LogP contribution in [-0.4, -0.2) is 36.9 Å². The third-order valence-electron chi connectivity index (χ3n) is 4.92. The number of rotatable bonds is 7. The molecule has 1 fully saturated rings. The number of Topliss-reactive ketones (excluding diaryl/α,β-unsaturated/α-hetero) is 1. The zero-order valence-electron chi connectivity index (χ0n) is 16.9. The van der Waals surface area contributed by atoms with Crippen molar-refractivity contribution >= 4 is 23.3 Å². The van der Waals surface area contributed by atoms with Gasteiger partial charge in [0.15, 0.2) is 6.10 Å². The Morgan fingerprint density at radius 3 is 2.38 bits per heavy atom. The molecular weight excluding hydrogens is 370 g/mol. The van der Waals surface area contributed by atoms with Gasteiger partial charge in [-0.3, -0.25) is 14.4 Å². The number of hydrogen-bond donors (Lipinski definition) is 0. The highest BCUT2D eigenvalue weighted by molar-refractivity contribution is 6.02. The second-order valence-electron chi connectivity index (χ2n) is 7.14. The molecule has 2 unspecified atom stereocenters. The van der Waals surface area contributed by atoms with E-state index in [1.54, 1.807) is 48.2 Å². The zero-order chi connectivity index (χ0) is 21.0.